The topological polar surface area (TPSA) is 52.4 Å². The van der Waals surface area contributed by atoms with Crippen molar-refractivity contribution in [3.05, 3.63) is 81.9 Å². The molecule has 4 heteroatoms. The largest absolute Gasteiger partial charge is 0.497 e. The highest BCUT2D eigenvalue weighted by Crippen LogP contribution is 2.94. The molecule has 0 spiro atoms. The minimum atomic E-state index is -0.323. The molecule has 0 radical (unpaired) electrons. The van der Waals surface area contributed by atoms with Crippen LogP contribution in [0.25, 0.3) is 0 Å². The zero-order valence-corrected chi connectivity index (χ0v) is 15.8. The number of fused-ring (bicyclic) bond motifs is 4. The molecule has 0 amide bonds. The summed E-state index contributed by atoms with van der Waals surface area (Å²) in [6.45, 7) is 4.73. The lowest BCUT2D eigenvalue weighted by Gasteiger charge is -2.48. The minimum Gasteiger partial charge on any atom is -0.497 e. The molecule has 0 unspecified atom stereocenters. The molecular weight excluding hydrogens is 338 g/mol. The fraction of sp³-hybridized carbons (Fsp3) is 0.391. The van der Waals surface area contributed by atoms with Gasteiger partial charge in [-0.15, -0.1) is 0 Å². The number of nitrogens with zero attached hydrogens (tertiary/aromatic N) is 1. The number of methoxy groups -OCH3 is 1. The Balaban J connectivity index is 1.67. The van der Waals surface area contributed by atoms with Crippen LogP contribution in [0.5, 0.6) is 5.75 Å². The van der Waals surface area contributed by atoms with E-state index in [4.69, 9.17) is 4.74 Å². The van der Waals surface area contributed by atoms with Crippen LogP contribution in [0.15, 0.2) is 60.7 Å². The van der Waals surface area contributed by atoms with Gasteiger partial charge in [0.1, 0.15) is 5.75 Å². The van der Waals surface area contributed by atoms with E-state index in [9.17, 15) is 10.1 Å². The van der Waals surface area contributed by atoms with Gasteiger partial charge in [0.2, 0.25) is 0 Å². The van der Waals surface area contributed by atoms with Crippen LogP contribution < -0.4 is 4.74 Å². The summed E-state index contributed by atoms with van der Waals surface area (Å²) < 4.78 is 5.35. The summed E-state index contributed by atoms with van der Waals surface area (Å²) in [4.78, 5) is 10.8. The molecule has 0 N–H and O–H groups in total. The van der Waals surface area contributed by atoms with Gasteiger partial charge in [0.05, 0.1) is 12.0 Å². The zero-order valence-electron chi connectivity index (χ0n) is 15.8. The van der Waals surface area contributed by atoms with E-state index in [2.05, 4.69) is 38.1 Å². The summed E-state index contributed by atoms with van der Waals surface area (Å²) in [6.07, 6.45) is 5.80. The molecule has 27 heavy (non-hydrogen) atoms. The molecule has 4 nitrogen and oxygen atoms in total. The average Bonchev–Trinajstić information content (AvgIpc) is 2.89. The molecule has 0 bridgehead atoms. The predicted molar refractivity (Wildman–Crippen MR) is 104 cm³/mol. The number of benzene rings is 2. The number of ether oxygens (including phenoxy) is 1. The second-order valence-corrected chi connectivity index (χ2v) is 8.57. The lowest BCUT2D eigenvalue weighted by Crippen LogP contribution is -2.49. The number of rotatable bonds is 4. The number of nitro groups is 1. The van der Waals surface area contributed by atoms with Gasteiger partial charge in [-0.2, -0.15) is 0 Å². The van der Waals surface area contributed by atoms with Crippen molar-refractivity contribution in [1.82, 2.24) is 0 Å². The van der Waals surface area contributed by atoms with E-state index in [-0.39, 0.29) is 26.9 Å². The maximum Gasteiger partial charge on any atom is 0.269 e. The molecule has 3 aliphatic carbocycles. The van der Waals surface area contributed by atoms with Gasteiger partial charge >= 0.3 is 0 Å². The van der Waals surface area contributed by atoms with E-state index >= 15 is 0 Å². The molecule has 0 saturated heterocycles. The number of nitro benzene ring substituents is 1. The van der Waals surface area contributed by atoms with Crippen molar-refractivity contribution in [3.8, 4) is 5.75 Å². The summed E-state index contributed by atoms with van der Waals surface area (Å²) in [5, 5.41) is 11.1. The molecule has 0 heterocycles. The maximum atomic E-state index is 11.1. The van der Waals surface area contributed by atoms with E-state index in [0.717, 1.165) is 12.2 Å². The van der Waals surface area contributed by atoms with Crippen LogP contribution >= 0.6 is 0 Å². The van der Waals surface area contributed by atoms with Crippen LogP contribution in [0.3, 0.4) is 0 Å². The summed E-state index contributed by atoms with van der Waals surface area (Å²) in [6, 6.07) is 15.8. The lowest BCUT2D eigenvalue weighted by atomic mass is 9.54. The number of hydrogen-bond acceptors (Lipinski definition) is 3. The summed E-state index contributed by atoms with van der Waals surface area (Å²) in [5.74, 6) is 1.96. The van der Waals surface area contributed by atoms with Gasteiger partial charge in [0.15, 0.2) is 0 Å². The van der Waals surface area contributed by atoms with Crippen LogP contribution in [0.2, 0.25) is 0 Å². The second-order valence-electron chi connectivity index (χ2n) is 8.57. The third kappa shape index (κ3) is 1.57. The van der Waals surface area contributed by atoms with Gasteiger partial charge in [-0.05, 0) is 46.9 Å². The van der Waals surface area contributed by atoms with E-state index in [1.54, 1.807) is 19.2 Å². The number of hydrogen-bond donors (Lipinski definition) is 0. The van der Waals surface area contributed by atoms with Gasteiger partial charge < -0.3 is 4.74 Å². The molecule has 2 aromatic carbocycles. The third-order valence-electron chi connectivity index (χ3n) is 7.83. The van der Waals surface area contributed by atoms with Crippen LogP contribution in [0, 0.1) is 27.4 Å². The van der Waals surface area contributed by atoms with Crippen molar-refractivity contribution in [1.29, 1.82) is 0 Å². The molecule has 4 atom stereocenters. The fourth-order valence-corrected chi connectivity index (χ4v) is 7.11. The summed E-state index contributed by atoms with van der Waals surface area (Å²) in [7, 11) is 1.69. The highest BCUT2D eigenvalue weighted by Gasteiger charge is 2.95. The number of allylic oxidation sites excluding steroid dienone is 2. The molecule has 3 aliphatic rings. The first-order valence-electron chi connectivity index (χ1n) is 9.49. The van der Waals surface area contributed by atoms with Gasteiger partial charge in [0, 0.05) is 23.0 Å². The van der Waals surface area contributed by atoms with Crippen molar-refractivity contribution in [2.75, 3.05) is 7.11 Å². The van der Waals surface area contributed by atoms with E-state index in [0.29, 0.717) is 11.8 Å². The maximum absolute atomic E-state index is 11.1. The van der Waals surface area contributed by atoms with Crippen molar-refractivity contribution in [3.63, 3.8) is 0 Å². The van der Waals surface area contributed by atoms with Gasteiger partial charge in [-0.3, -0.25) is 10.1 Å². The van der Waals surface area contributed by atoms with Crippen molar-refractivity contribution >= 4 is 5.69 Å². The Bertz CT molecular complexity index is 960. The Kier molecular flexibility index (Phi) is 3.07. The van der Waals surface area contributed by atoms with Gasteiger partial charge in [0.25, 0.3) is 5.69 Å². The van der Waals surface area contributed by atoms with E-state index < -0.39 is 0 Å². The minimum absolute atomic E-state index is 0.0257. The van der Waals surface area contributed by atoms with Crippen LogP contribution in [-0.2, 0) is 10.8 Å². The molecule has 2 saturated carbocycles. The molecule has 0 aliphatic heterocycles. The standard InChI is InChI=1S/C23H23NO3/c1-21(2)22(15-7-11-17(12-8-15)24(25)26)19-5-4-6-20(19)23(21,22)16-9-13-18(27-3)14-10-16/h4,6-14,19-20H,5H2,1-3H3/t19-,20+,22-,23+/m0/s1. The SMILES string of the molecule is COc1ccc([C@]23[C@@H]4C=CC[C@@H]4[C@@]2(c2ccc([N+](=O)[O-])cc2)C3(C)C)cc1. The Morgan fingerprint density at radius 1 is 1.00 bits per heavy atom. The summed E-state index contributed by atoms with van der Waals surface area (Å²) >= 11 is 0. The summed E-state index contributed by atoms with van der Waals surface area (Å²) in [5.41, 5.74) is 2.89. The first kappa shape index (κ1) is 16.5. The van der Waals surface area contributed by atoms with Crippen molar-refractivity contribution in [2.24, 2.45) is 17.3 Å². The highest BCUT2D eigenvalue weighted by atomic mass is 16.6. The highest BCUT2D eigenvalue weighted by molar-refractivity contribution is 5.66. The smallest absolute Gasteiger partial charge is 0.269 e. The van der Waals surface area contributed by atoms with Crippen molar-refractivity contribution in [2.45, 2.75) is 31.1 Å². The Hall–Kier alpha value is -2.62. The first-order valence-corrected chi connectivity index (χ1v) is 9.49. The number of non-ortho nitro benzene ring substituents is 1. The second kappa shape index (κ2) is 5.00. The van der Waals surface area contributed by atoms with E-state index in [1.807, 2.05) is 24.3 Å². The van der Waals surface area contributed by atoms with Gasteiger partial charge in [-0.1, -0.05) is 50.3 Å². The predicted octanol–water partition coefficient (Wildman–Crippen LogP) is 5.02. The normalized spacial score (nSPS) is 34.3. The molecule has 138 valence electrons. The molecule has 5 rings (SSSR count). The Labute approximate surface area is 159 Å². The molecular formula is C23H23NO3. The Morgan fingerprint density at radius 2 is 1.59 bits per heavy atom. The van der Waals surface area contributed by atoms with E-state index in [1.165, 1.54) is 11.1 Å². The molecule has 0 aromatic heterocycles. The Morgan fingerprint density at radius 3 is 2.19 bits per heavy atom. The third-order valence-corrected chi connectivity index (χ3v) is 7.83. The van der Waals surface area contributed by atoms with Crippen LogP contribution in [-0.4, -0.2) is 12.0 Å². The zero-order chi connectivity index (χ0) is 19.0. The molecule has 2 fully saturated rings. The van der Waals surface area contributed by atoms with Gasteiger partial charge in [-0.25, -0.2) is 0 Å². The van der Waals surface area contributed by atoms with Crippen LogP contribution in [0.1, 0.15) is 31.4 Å². The lowest BCUT2D eigenvalue weighted by molar-refractivity contribution is -0.384. The first-order chi connectivity index (χ1) is 12.9. The van der Waals surface area contributed by atoms with Crippen LogP contribution in [0.4, 0.5) is 5.69 Å². The fourth-order valence-electron chi connectivity index (χ4n) is 7.11. The molecule has 2 aromatic rings. The monoisotopic (exact) mass is 361 g/mol. The van der Waals surface area contributed by atoms with Crippen molar-refractivity contribution < 1.29 is 9.66 Å². The average molecular weight is 361 g/mol. The quantitative estimate of drug-likeness (QED) is 0.436.